The van der Waals surface area contributed by atoms with E-state index in [9.17, 15) is 0 Å². The summed E-state index contributed by atoms with van der Waals surface area (Å²) in [7, 11) is 4.33. The fourth-order valence-corrected chi connectivity index (χ4v) is 4.05. The Morgan fingerprint density at radius 3 is 1.80 bits per heavy atom. The molecule has 140 valence electrons. The zero-order valence-corrected chi connectivity index (χ0v) is 15.7. The topological polar surface area (TPSA) is 92.0 Å². The van der Waals surface area contributed by atoms with Crippen molar-refractivity contribution in [2.45, 2.75) is 82.3 Å². The average molecular weight is 348 g/mol. The predicted octanol–water partition coefficient (Wildman–Crippen LogP) is 2.87. The Morgan fingerprint density at radius 2 is 1.28 bits per heavy atom. The Bertz CT molecular complexity index is 532. The summed E-state index contributed by atoms with van der Waals surface area (Å²) in [4.78, 5) is 15.5. The summed E-state index contributed by atoms with van der Waals surface area (Å²) in [6.45, 7) is 0. The van der Waals surface area contributed by atoms with Crippen LogP contribution in [0.15, 0.2) is 0 Å². The minimum absolute atomic E-state index is 0.288. The lowest BCUT2D eigenvalue weighted by Gasteiger charge is -2.33. The molecule has 0 amide bonds. The van der Waals surface area contributed by atoms with Crippen LogP contribution in [0.3, 0.4) is 0 Å². The molecule has 7 nitrogen and oxygen atoms in total. The number of rotatable bonds is 5. The monoisotopic (exact) mass is 347 g/mol. The van der Waals surface area contributed by atoms with Crippen molar-refractivity contribution in [1.82, 2.24) is 19.9 Å². The molecule has 2 saturated carbocycles. The zero-order valence-electron chi connectivity index (χ0n) is 15.7. The maximum Gasteiger partial charge on any atom is 0.229 e. The van der Waals surface area contributed by atoms with E-state index in [1.807, 2.05) is 0 Å². The molecule has 25 heavy (non-hydrogen) atoms. The van der Waals surface area contributed by atoms with Crippen LogP contribution < -0.4 is 16.4 Å². The van der Waals surface area contributed by atoms with Crippen LogP contribution in [-0.2, 0) is 0 Å². The number of nitrogens with one attached hydrogen (secondary N) is 2. The molecule has 2 aliphatic rings. The summed E-state index contributed by atoms with van der Waals surface area (Å²) >= 11 is 0. The second kappa shape index (κ2) is 8.65. The summed E-state index contributed by atoms with van der Waals surface area (Å²) in [5.74, 6) is 1.51. The summed E-state index contributed by atoms with van der Waals surface area (Å²) < 4.78 is 0. The number of aromatic nitrogens is 3. The maximum atomic E-state index is 5.91. The SMILES string of the molecule is CN(C)C1CCC(Nc2nc(N)nc(NC3CCCCCC3)n2)CC1. The highest BCUT2D eigenvalue weighted by molar-refractivity contribution is 5.41. The Kier molecular flexibility index (Phi) is 6.29. The van der Waals surface area contributed by atoms with E-state index in [0.717, 1.165) is 12.8 Å². The number of nitrogens with two attached hydrogens (primary N) is 1. The van der Waals surface area contributed by atoms with Crippen molar-refractivity contribution in [2.24, 2.45) is 0 Å². The van der Waals surface area contributed by atoms with E-state index in [4.69, 9.17) is 5.73 Å². The van der Waals surface area contributed by atoms with Gasteiger partial charge in [0, 0.05) is 18.1 Å². The van der Waals surface area contributed by atoms with E-state index < -0.39 is 0 Å². The van der Waals surface area contributed by atoms with Crippen molar-refractivity contribution in [3.63, 3.8) is 0 Å². The maximum absolute atomic E-state index is 5.91. The standard InChI is InChI=1S/C18H33N7/c1-25(2)15-11-9-14(10-12-15)21-18-23-16(19)22-17(24-18)20-13-7-5-3-4-6-8-13/h13-15H,3-12H2,1-2H3,(H4,19,20,21,22,23,24). The molecule has 3 rings (SSSR count). The summed E-state index contributed by atoms with van der Waals surface area (Å²) in [5.41, 5.74) is 5.91. The van der Waals surface area contributed by atoms with Gasteiger partial charge < -0.3 is 21.3 Å². The molecule has 1 heterocycles. The minimum atomic E-state index is 0.288. The molecule has 0 unspecified atom stereocenters. The molecule has 7 heteroatoms. The van der Waals surface area contributed by atoms with Crippen LogP contribution in [0.4, 0.5) is 17.8 Å². The second-order valence-corrected chi connectivity index (χ2v) is 7.79. The number of nitrogen functional groups attached to an aromatic ring is 1. The van der Waals surface area contributed by atoms with E-state index in [1.165, 1.54) is 51.4 Å². The van der Waals surface area contributed by atoms with Gasteiger partial charge in [0.05, 0.1) is 0 Å². The molecular weight excluding hydrogens is 314 g/mol. The normalized spacial score (nSPS) is 25.6. The molecule has 0 atom stereocenters. The van der Waals surface area contributed by atoms with Gasteiger partial charge in [-0.3, -0.25) is 0 Å². The fraction of sp³-hybridized carbons (Fsp3) is 0.833. The van der Waals surface area contributed by atoms with E-state index in [1.54, 1.807) is 0 Å². The van der Waals surface area contributed by atoms with E-state index >= 15 is 0 Å². The van der Waals surface area contributed by atoms with Gasteiger partial charge in [0.25, 0.3) is 0 Å². The third-order valence-corrected chi connectivity index (χ3v) is 5.60. The van der Waals surface area contributed by atoms with Gasteiger partial charge in [-0.25, -0.2) is 0 Å². The molecule has 0 saturated heterocycles. The molecule has 1 aromatic heterocycles. The van der Waals surface area contributed by atoms with Crippen LogP contribution in [0.25, 0.3) is 0 Å². The van der Waals surface area contributed by atoms with Crippen LogP contribution >= 0.6 is 0 Å². The first kappa shape index (κ1) is 18.2. The van der Waals surface area contributed by atoms with Gasteiger partial charge in [-0.05, 0) is 52.6 Å². The van der Waals surface area contributed by atoms with Gasteiger partial charge in [-0.15, -0.1) is 0 Å². The third kappa shape index (κ3) is 5.42. The van der Waals surface area contributed by atoms with Crippen molar-refractivity contribution >= 4 is 17.8 Å². The minimum Gasteiger partial charge on any atom is -0.368 e. The highest BCUT2D eigenvalue weighted by Crippen LogP contribution is 2.24. The second-order valence-electron chi connectivity index (χ2n) is 7.79. The zero-order chi connectivity index (χ0) is 17.6. The quantitative estimate of drug-likeness (QED) is 0.705. The van der Waals surface area contributed by atoms with Crippen LogP contribution in [0.2, 0.25) is 0 Å². The molecular formula is C18H33N7. The highest BCUT2D eigenvalue weighted by atomic mass is 15.3. The highest BCUT2D eigenvalue weighted by Gasteiger charge is 2.23. The van der Waals surface area contributed by atoms with Gasteiger partial charge in [0.2, 0.25) is 17.8 Å². The number of nitrogens with zero attached hydrogens (tertiary/aromatic N) is 4. The van der Waals surface area contributed by atoms with E-state index in [0.29, 0.717) is 30.0 Å². The van der Waals surface area contributed by atoms with Crippen molar-refractivity contribution in [1.29, 1.82) is 0 Å². The Labute approximate surface area is 151 Å². The number of hydrogen-bond acceptors (Lipinski definition) is 7. The van der Waals surface area contributed by atoms with Crippen LogP contribution in [0.5, 0.6) is 0 Å². The molecule has 2 aliphatic carbocycles. The van der Waals surface area contributed by atoms with Gasteiger partial charge in [-0.1, -0.05) is 25.7 Å². The lowest BCUT2D eigenvalue weighted by atomic mass is 9.91. The van der Waals surface area contributed by atoms with Crippen LogP contribution in [0, 0.1) is 0 Å². The van der Waals surface area contributed by atoms with E-state index in [2.05, 4.69) is 44.6 Å². The smallest absolute Gasteiger partial charge is 0.229 e. The first-order valence-corrected chi connectivity index (χ1v) is 9.81. The van der Waals surface area contributed by atoms with Crippen molar-refractivity contribution in [3.8, 4) is 0 Å². The van der Waals surface area contributed by atoms with E-state index in [-0.39, 0.29) is 5.95 Å². The largest absolute Gasteiger partial charge is 0.368 e. The van der Waals surface area contributed by atoms with Gasteiger partial charge in [0.1, 0.15) is 0 Å². The molecule has 0 aromatic carbocycles. The molecule has 0 aliphatic heterocycles. The number of anilines is 3. The Balaban J connectivity index is 1.58. The van der Waals surface area contributed by atoms with Gasteiger partial charge >= 0.3 is 0 Å². The Morgan fingerprint density at radius 1 is 0.760 bits per heavy atom. The fourth-order valence-electron chi connectivity index (χ4n) is 4.05. The van der Waals surface area contributed by atoms with Crippen molar-refractivity contribution in [2.75, 3.05) is 30.5 Å². The van der Waals surface area contributed by atoms with Crippen molar-refractivity contribution in [3.05, 3.63) is 0 Å². The number of hydrogen-bond donors (Lipinski definition) is 3. The van der Waals surface area contributed by atoms with Gasteiger partial charge in [0.15, 0.2) is 0 Å². The van der Waals surface area contributed by atoms with Crippen LogP contribution in [0.1, 0.15) is 64.2 Å². The lowest BCUT2D eigenvalue weighted by Crippen LogP contribution is -2.36. The lowest BCUT2D eigenvalue weighted by molar-refractivity contribution is 0.221. The molecule has 4 N–H and O–H groups in total. The molecule has 0 radical (unpaired) electrons. The van der Waals surface area contributed by atoms with Crippen LogP contribution in [-0.4, -0.2) is 52.1 Å². The molecule has 2 fully saturated rings. The predicted molar refractivity (Wildman–Crippen MR) is 103 cm³/mol. The molecule has 0 bridgehead atoms. The first-order valence-electron chi connectivity index (χ1n) is 9.81. The summed E-state index contributed by atoms with van der Waals surface area (Å²) in [5, 5.41) is 6.94. The first-order chi connectivity index (χ1) is 12.1. The third-order valence-electron chi connectivity index (χ3n) is 5.60. The summed E-state index contributed by atoms with van der Waals surface area (Å²) in [6.07, 6.45) is 12.3. The average Bonchev–Trinajstić information content (AvgIpc) is 2.83. The molecule has 1 aromatic rings. The van der Waals surface area contributed by atoms with Gasteiger partial charge in [-0.2, -0.15) is 15.0 Å². The summed E-state index contributed by atoms with van der Waals surface area (Å²) in [6, 6.07) is 1.56. The van der Waals surface area contributed by atoms with Crippen molar-refractivity contribution < 1.29 is 0 Å². The Hall–Kier alpha value is -1.63. The molecule has 0 spiro atoms.